The molecule has 100 valence electrons. The molecule has 0 fully saturated rings. The van der Waals surface area contributed by atoms with Crippen LogP contribution >= 0.6 is 0 Å². The van der Waals surface area contributed by atoms with Crippen molar-refractivity contribution < 1.29 is 4.92 Å². The molecule has 0 aliphatic heterocycles. The maximum Gasteiger partial charge on any atom is 0.295 e. The molecule has 1 N–H and O–H groups in total. The number of hydrogen-bond acceptors (Lipinski definition) is 5. The van der Waals surface area contributed by atoms with Crippen LogP contribution in [-0.2, 0) is 0 Å². The number of benzene rings is 1. The molecule has 0 atom stereocenters. The van der Waals surface area contributed by atoms with Crippen molar-refractivity contribution >= 4 is 22.3 Å². The monoisotopic (exact) mass is 260 g/mol. The summed E-state index contributed by atoms with van der Waals surface area (Å²) in [5, 5.41) is 14.9. The molecule has 1 aromatic heterocycles. The minimum Gasteiger partial charge on any atom is -0.373 e. The Kier molecular flexibility index (Phi) is 3.91. The molecular formula is C13H16N4O2. The van der Waals surface area contributed by atoms with E-state index in [1.165, 1.54) is 6.07 Å². The predicted octanol–water partition coefficient (Wildman–Crippen LogP) is 1.80. The van der Waals surface area contributed by atoms with E-state index in [1.807, 2.05) is 20.2 Å². The Morgan fingerprint density at radius 2 is 2.21 bits per heavy atom. The number of likely N-dealkylation sites (N-methyl/N-ethyl adjacent to an activating group) is 2. The van der Waals surface area contributed by atoms with Gasteiger partial charge < -0.3 is 10.2 Å². The van der Waals surface area contributed by atoms with E-state index >= 15 is 0 Å². The summed E-state index contributed by atoms with van der Waals surface area (Å²) in [5.74, 6) is 0. The summed E-state index contributed by atoms with van der Waals surface area (Å²) >= 11 is 0. The number of non-ortho nitro benzene ring substituents is 1. The molecule has 2 aromatic rings. The smallest absolute Gasteiger partial charge is 0.295 e. The van der Waals surface area contributed by atoms with Crippen LogP contribution in [0.2, 0.25) is 0 Å². The number of rotatable bonds is 5. The fourth-order valence-electron chi connectivity index (χ4n) is 2.02. The van der Waals surface area contributed by atoms with Gasteiger partial charge in [0.2, 0.25) is 0 Å². The lowest BCUT2D eigenvalue weighted by Gasteiger charge is -2.20. The third-order valence-corrected chi connectivity index (χ3v) is 3.03. The van der Waals surface area contributed by atoms with E-state index in [0.29, 0.717) is 5.52 Å². The highest BCUT2D eigenvalue weighted by Crippen LogP contribution is 2.31. The number of anilines is 1. The summed E-state index contributed by atoms with van der Waals surface area (Å²) in [6.07, 6.45) is 1.58. The molecule has 0 radical (unpaired) electrons. The van der Waals surface area contributed by atoms with E-state index in [2.05, 4.69) is 15.2 Å². The number of nitro groups is 1. The van der Waals surface area contributed by atoms with Crippen LogP contribution in [0.25, 0.3) is 10.9 Å². The molecule has 0 aliphatic rings. The molecule has 0 unspecified atom stereocenters. The summed E-state index contributed by atoms with van der Waals surface area (Å²) < 4.78 is 0. The maximum absolute atomic E-state index is 11.0. The van der Waals surface area contributed by atoms with Crippen LogP contribution in [0.15, 0.2) is 30.5 Å². The third-order valence-electron chi connectivity index (χ3n) is 3.03. The van der Waals surface area contributed by atoms with Crippen molar-refractivity contribution in [1.82, 2.24) is 10.3 Å². The molecular weight excluding hydrogens is 244 g/mol. The average Bonchev–Trinajstić information content (AvgIpc) is 2.43. The van der Waals surface area contributed by atoms with Crippen molar-refractivity contribution in [3.63, 3.8) is 0 Å². The fraction of sp³-hybridized carbons (Fsp3) is 0.308. The van der Waals surface area contributed by atoms with Crippen LogP contribution in [0.3, 0.4) is 0 Å². The van der Waals surface area contributed by atoms with Crippen LogP contribution in [0.4, 0.5) is 11.4 Å². The Morgan fingerprint density at radius 3 is 2.89 bits per heavy atom. The van der Waals surface area contributed by atoms with E-state index in [4.69, 9.17) is 0 Å². The first-order chi connectivity index (χ1) is 9.15. The third kappa shape index (κ3) is 2.63. The Hall–Kier alpha value is -2.21. The largest absolute Gasteiger partial charge is 0.373 e. The SMILES string of the molecule is CNCCN(C)c1ccc([N+](=O)[O-])c2ncccc12. The summed E-state index contributed by atoms with van der Waals surface area (Å²) in [7, 11) is 3.86. The van der Waals surface area contributed by atoms with E-state index in [1.54, 1.807) is 18.3 Å². The zero-order chi connectivity index (χ0) is 13.8. The van der Waals surface area contributed by atoms with Crippen LogP contribution in [-0.4, -0.2) is 37.1 Å². The van der Waals surface area contributed by atoms with E-state index < -0.39 is 4.92 Å². The van der Waals surface area contributed by atoms with Crippen molar-refractivity contribution in [2.75, 3.05) is 32.1 Å². The Balaban J connectivity index is 2.52. The number of aromatic nitrogens is 1. The topological polar surface area (TPSA) is 71.3 Å². The van der Waals surface area contributed by atoms with Crippen LogP contribution in [0.5, 0.6) is 0 Å². The van der Waals surface area contributed by atoms with Gasteiger partial charge in [-0.2, -0.15) is 0 Å². The highest BCUT2D eigenvalue weighted by molar-refractivity contribution is 5.97. The minimum atomic E-state index is -0.396. The normalized spacial score (nSPS) is 10.6. The van der Waals surface area contributed by atoms with Crippen molar-refractivity contribution in [2.45, 2.75) is 0 Å². The summed E-state index contributed by atoms with van der Waals surface area (Å²) in [6, 6.07) is 6.94. The molecule has 0 aliphatic carbocycles. The van der Waals surface area contributed by atoms with Gasteiger partial charge in [-0.15, -0.1) is 0 Å². The molecule has 0 spiro atoms. The number of nitrogens with one attached hydrogen (secondary N) is 1. The highest BCUT2D eigenvalue weighted by Gasteiger charge is 2.16. The predicted molar refractivity (Wildman–Crippen MR) is 75.6 cm³/mol. The summed E-state index contributed by atoms with van der Waals surface area (Å²) in [6.45, 7) is 1.66. The van der Waals surface area contributed by atoms with Crippen molar-refractivity contribution in [3.05, 3.63) is 40.6 Å². The quantitative estimate of drug-likeness (QED) is 0.655. The molecule has 0 amide bonds. The Morgan fingerprint density at radius 1 is 1.42 bits per heavy atom. The second kappa shape index (κ2) is 5.62. The van der Waals surface area contributed by atoms with Crippen molar-refractivity contribution in [2.24, 2.45) is 0 Å². The van der Waals surface area contributed by atoms with Gasteiger partial charge in [-0.3, -0.25) is 10.1 Å². The molecule has 0 saturated carbocycles. The lowest BCUT2D eigenvalue weighted by atomic mass is 10.1. The number of fused-ring (bicyclic) bond motifs is 1. The number of hydrogen-bond donors (Lipinski definition) is 1. The molecule has 6 nitrogen and oxygen atoms in total. The molecule has 0 saturated heterocycles. The lowest BCUT2D eigenvalue weighted by molar-refractivity contribution is -0.383. The van der Waals surface area contributed by atoms with E-state index in [9.17, 15) is 10.1 Å². The summed E-state index contributed by atoms with van der Waals surface area (Å²) in [4.78, 5) is 16.8. The summed E-state index contributed by atoms with van der Waals surface area (Å²) in [5.41, 5.74) is 1.42. The molecule has 0 bridgehead atoms. The number of nitrogens with zero attached hydrogens (tertiary/aromatic N) is 3. The number of nitro benzene ring substituents is 1. The van der Waals surface area contributed by atoms with Gasteiger partial charge in [0, 0.05) is 43.5 Å². The zero-order valence-electron chi connectivity index (χ0n) is 11.0. The molecule has 2 rings (SSSR count). The lowest BCUT2D eigenvalue weighted by Crippen LogP contribution is -2.27. The van der Waals surface area contributed by atoms with E-state index in [0.717, 1.165) is 24.2 Å². The van der Waals surface area contributed by atoms with Gasteiger partial charge >= 0.3 is 0 Å². The molecule has 1 aromatic carbocycles. The molecule has 19 heavy (non-hydrogen) atoms. The fourth-order valence-corrected chi connectivity index (χ4v) is 2.02. The van der Waals surface area contributed by atoms with Gasteiger partial charge in [0.15, 0.2) is 0 Å². The second-order valence-corrected chi connectivity index (χ2v) is 4.29. The van der Waals surface area contributed by atoms with E-state index in [-0.39, 0.29) is 5.69 Å². The Labute approximate surface area is 111 Å². The standard InChI is InChI=1S/C13H16N4O2/c1-14-8-9-16(2)11-5-6-12(17(18)19)13-10(11)4-3-7-15-13/h3-7,14H,8-9H2,1-2H3. The zero-order valence-corrected chi connectivity index (χ0v) is 11.0. The second-order valence-electron chi connectivity index (χ2n) is 4.29. The van der Waals surface area contributed by atoms with Gasteiger partial charge in [0.25, 0.3) is 5.69 Å². The van der Waals surface area contributed by atoms with Crippen molar-refractivity contribution in [1.29, 1.82) is 0 Å². The van der Waals surface area contributed by atoms with Crippen LogP contribution in [0.1, 0.15) is 0 Å². The van der Waals surface area contributed by atoms with Crippen molar-refractivity contribution in [3.8, 4) is 0 Å². The van der Waals surface area contributed by atoms with Gasteiger partial charge in [0.05, 0.1) is 4.92 Å². The highest BCUT2D eigenvalue weighted by atomic mass is 16.6. The van der Waals surface area contributed by atoms with Gasteiger partial charge in [-0.05, 0) is 25.2 Å². The number of pyridine rings is 1. The maximum atomic E-state index is 11.0. The van der Waals surface area contributed by atoms with Gasteiger partial charge in [-0.25, -0.2) is 4.98 Å². The van der Waals surface area contributed by atoms with Gasteiger partial charge in [-0.1, -0.05) is 0 Å². The van der Waals surface area contributed by atoms with Crippen LogP contribution < -0.4 is 10.2 Å². The van der Waals surface area contributed by atoms with Gasteiger partial charge in [0.1, 0.15) is 5.52 Å². The minimum absolute atomic E-state index is 0.0429. The molecule has 1 heterocycles. The first-order valence-corrected chi connectivity index (χ1v) is 6.03. The molecule has 6 heteroatoms. The van der Waals surface area contributed by atoms with Crippen LogP contribution in [0, 0.1) is 10.1 Å². The first-order valence-electron chi connectivity index (χ1n) is 6.03. The Bertz CT molecular complexity index is 600. The first kappa shape index (κ1) is 13.2. The average molecular weight is 260 g/mol.